The number of amides is 1. The molecule has 4 rings (SSSR count). The molecule has 0 saturated heterocycles. The zero-order chi connectivity index (χ0) is 21.3. The predicted molar refractivity (Wildman–Crippen MR) is 122 cm³/mol. The van der Waals surface area contributed by atoms with Crippen LogP contribution in [0.2, 0.25) is 6.32 Å². The van der Waals surface area contributed by atoms with Crippen molar-refractivity contribution in [1.82, 2.24) is 0 Å². The van der Waals surface area contributed by atoms with Crippen LogP contribution >= 0.6 is 0 Å². The van der Waals surface area contributed by atoms with Gasteiger partial charge in [0.2, 0.25) is 0 Å². The number of nitrogens with zero attached hydrogens (tertiary/aromatic N) is 1. The smallest absolute Gasteiger partial charge is 0.414 e. The summed E-state index contributed by atoms with van der Waals surface area (Å²) in [5.74, 6) is 0.806. The van der Waals surface area contributed by atoms with E-state index in [1.165, 1.54) is 0 Å². The quantitative estimate of drug-likeness (QED) is 0.517. The van der Waals surface area contributed by atoms with Crippen LogP contribution < -0.4 is 9.64 Å². The molecule has 1 atom stereocenters. The number of ether oxygens (including phenoxy) is 2. The lowest BCUT2D eigenvalue weighted by atomic mass is 9.85. The van der Waals surface area contributed by atoms with Crippen molar-refractivity contribution in [3.63, 3.8) is 0 Å². The second-order valence-electron chi connectivity index (χ2n) is 8.65. The number of hydrogen-bond donors (Lipinski definition) is 0. The molecule has 0 unspecified atom stereocenters. The van der Waals surface area contributed by atoms with Crippen molar-refractivity contribution in [3.05, 3.63) is 71.8 Å². The second kappa shape index (κ2) is 8.06. The van der Waals surface area contributed by atoms with E-state index >= 15 is 0 Å². The number of carbonyl (C=O) groups is 1. The number of benzene rings is 3. The molecule has 0 bridgehead atoms. The third-order valence-electron chi connectivity index (χ3n) is 5.26. The van der Waals surface area contributed by atoms with E-state index in [9.17, 15) is 4.79 Å². The second-order valence-corrected chi connectivity index (χ2v) is 8.65. The fraction of sp³-hybridized carbons (Fsp3) is 0.320. The topological polar surface area (TPSA) is 38.8 Å². The molecule has 0 N–H and O–H groups in total. The van der Waals surface area contributed by atoms with Crippen LogP contribution in [0.15, 0.2) is 60.7 Å². The Morgan fingerprint density at radius 2 is 1.73 bits per heavy atom. The van der Waals surface area contributed by atoms with E-state index in [0.29, 0.717) is 19.5 Å². The first-order valence-corrected chi connectivity index (χ1v) is 10.3. The Labute approximate surface area is 179 Å². The van der Waals surface area contributed by atoms with Crippen LogP contribution in [-0.2, 0) is 11.3 Å². The summed E-state index contributed by atoms with van der Waals surface area (Å²) in [5, 5.41) is 2.09. The molecular weight excluding hydrogens is 373 g/mol. The molecule has 5 heteroatoms. The van der Waals surface area contributed by atoms with Gasteiger partial charge in [0.25, 0.3) is 0 Å². The van der Waals surface area contributed by atoms with E-state index in [2.05, 4.69) is 12.1 Å². The van der Waals surface area contributed by atoms with Gasteiger partial charge in [-0.2, -0.15) is 0 Å². The molecule has 0 saturated carbocycles. The minimum Gasteiger partial charge on any atom is -0.488 e. The van der Waals surface area contributed by atoms with Crippen molar-refractivity contribution < 1.29 is 14.3 Å². The molecule has 3 aromatic rings. The summed E-state index contributed by atoms with van der Waals surface area (Å²) in [6, 6.07) is 20.1. The highest BCUT2D eigenvalue weighted by Gasteiger charge is 2.36. The summed E-state index contributed by atoms with van der Waals surface area (Å²) in [5.41, 5.74) is 2.43. The SMILES string of the molecule is [B]C[C@@H]1CN(C(=O)OC(C)(C)C)c2cc(OCc3ccccc3)c3ccccc3c21. The van der Waals surface area contributed by atoms with Crippen LogP contribution in [0.25, 0.3) is 10.8 Å². The molecule has 30 heavy (non-hydrogen) atoms. The summed E-state index contributed by atoms with van der Waals surface area (Å²) in [6.07, 6.45) is 0.101. The molecule has 1 aliphatic rings. The Morgan fingerprint density at radius 3 is 2.40 bits per heavy atom. The molecule has 0 aliphatic carbocycles. The van der Waals surface area contributed by atoms with Gasteiger partial charge in [0.05, 0.1) is 13.5 Å². The number of anilines is 1. The first-order chi connectivity index (χ1) is 14.4. The molecule has 0 fully saturated rings. The van der Waals surface area contributed by atoms with Crippen molar-refractivity contribution in [3.8, 4) is 5.75 Å². The summed E-state index contributed by atoms with van der Waals surface area (Å²) >= 11 is 0. The van der Waals surface area contributed by atoms with E-state index in [1.54, 1.807) is 4.90 Å². The first kappa shape index (κ1) is 20.3. The molecule has 0 spiro atoms. The van der Waals surface area contributed by atoms with Gasteiger partial charge in [0.1, 0.15) is 18.0 Å². The Bertz CT molecular complexity index is 1060. The van der Waals surface area contributed by atoms with E-state index in [1.807, 2.05) is 69.3 Å². The van der Waals surface area contributed by atoms with Gasteiger partial charge in [0, 0.05) is 18.0 Å². The lowest BCUT2D eigenvalue weighted by Crippen LogP contribution is -2.36. The maximum atomic E-state index is 12.9. The summed E-state index contributed by atoms with van der Waals surface area (Å²) in [4.78, 5) is 14.6. The first-order valence-electron chi connectivity index (χ1n) is 10.3. The van der Waals surface area contributed by atoms with Crippen LogP contribution in [0, 0.1) is 0 Å². The Balaban J connectivity index is 1.77. The van der Waals surface area contributed by atoms with E-state index in [0.717, 1.165) is 33.3 Å². The van der Waals surface area contributed by atoms with Crippen LogP contribution in [-0.4, -0.2) is 26.1 Å². The maximum Gasteiger partial charge on any atom is 0.414 e. The third-order valence-corrected chi connectivity index (χ3v) is 5.26. The average molecular weight is 399 g/mol. The minimum atomic E-state index is -0.568. The number of rotatable bonds is 4. The summed E-state index contributed by atoms with van der Waals surface area (Å²) in [7, 11) is 6.09. The molecule has 4 nitrogen and oxygen atoms in total. The van der Waals surface area contributed by atoms with Crippen LogP contribution in [0.5, 0.6) is 5.75 Å². The zero-order valence-electron chi connectivity index (χ0n) is 17.7. The van der Waals surface area contributed by atoms with Gasteiger partial charge in [0.15, 0.2) is 0 Å². The molecular formula is C25H26BNO3. The monoisotopic (exact) mass is 399 g/mol. The Hall–Kier alpha value is -2.95. The lowest BCUT2D eigenvalue weighted by molar-refractivity contribution is 0.0582. The zero-order valence-corrected chi connectivity index (χ0v) is 17.7. The summed E-state index contributed by atoms with van der Waals surface area (Å²) in [6.45, 7) is 6.58. The highest BCUT2D eigenvalue weighted by molar-refractivity contribution is 6.10. The van der Waals surface area contributed by atoms with Crippen molar-refractivity contribution >= 4 is 30.4 Å². The fourth-order valence-electron chi connectivity index (χ4n) is 3.95. The van der Waals surface area contributed by atoms with Crippen LogP contribution in [0.3, 0.4) is 0 Å². The maximum absolute atomic E-state index is 12.9. The number of carbonyl (C=O) groups excluding carboxylic acids is 1. The molecule has 3 aromatic carbocycles. The number of hydrogen-bond acceptors (Lipinski definition) is 3. The Kier molecular flexibility index (Phi) is 5.46. The molecule has 1 aliphatic heterocycles. The molecule has 1 amide bonds. The molecule has 0 aromatic heterocycles. The van der Waals surface area contributed by atoms with Crippen molar-refractivity contribution in [1.29, 1.82) is 0 Å². The molecule has 2 radical (unpaired) electrons. The van der Waals surface area contributed by atoms with Gasteiger partial charge >= 0.3 is 6.09 Å². The highest BCUT2D eigenvalue weighted by atomic mass is 16.6. The highest BCUT2D eigenvalue weighted by Crippen LogP contribution is 2.46. The van der Waals surface area contributed by atoms with E-state index < -0.39 is 5.60 Å². The normalized spacial score (nSPS) is 15.8. The van der Waals surface area contributed by atoms with Gasteiger partial charge in [-0.05, 0) is 43.2 Å². The fourth-order valence-corrected chi connectivity index (χ4v) is 3.95. The van der Waals surface area contributed by atoms with Gasteiger partial charge in [-0.1, -0.05) is 60.9 Å². The van der Waals surface area contributed by atoms with Gasteiger partial charge in [-0.25, -0.2) is 4.79 Å². The van der Waals surface area contributed by atoms with Gasteiger partial charge < -0.3 is 9.47 Å². The van der Waals surface area contributed by atoms with Crippen molar-refractivity contribution in [2.24, 2.45) is 0 Å². The number of fused-ring (bicyclic) bond motifs is 3. The van der Waals surface area contributed by atoms with Crippen molar-refractivity contribution in [2.45, 2.75) is 45.2 Å². The van der Waals surface area contributed by atoms with Crippen molar-refractivity contribution in [2.75, 3.05) is 11.4 Å². The lowest BCUT2D eigenvalue weighted by Gasteiger charge is -2.25. The summed E-state index contributed by atoms with van der Waals surface area (Å²) < 4.78 is 11.9. The van der Waals surface area contributed by atoms with Crippen LogP contribution in [0.1, 0.15) is 37.8 Å². The van der Waals surface area contributed by atoms with E-state index in [-0.39, 0.29) is 12.0 Å². The Morgan fingerprint density at radius 1 is 1.07 bits per heavy atom. The minimum absolute atomic E-state index is 0.0561. The largest absolute Gasteiger partial charge is 0.488 e. The molecule has 152 valence electrons. The van der Waals surface area contributed by atoms with Gasteiger partial charge in [-0.3, -0.25) is 4.90 Å². The van der Waals surface area contributed by atoms with Gasteiger partial charge in [-0.15, -0.1) is 0 Å². The third kappa shape index (κ3) is 4.02. The average Bonchev–Trinajstić information content (AvgIpc) is 3.10. The standard InChI is InChI=1S/C25H26BNO3/c1-25(2,3)30-24(28)27-15-18(14-26)23-20-12-8-7-11-19(20)22(13-21(23)27)29-16-17-9-5-4-6-10-17/h4-13,18H,14-16H2,1-3H3/t18-/m1/s1. The van der Waals surface area contributed by atoms with Crippen LogP contribution in [0.4, 0.5) is 10.5 Å². The van der Waals surface area contributed by atoms with E-state index in [4.69, 9.17) is 17.3 Å². The molecule has 1 heterocycles. The predicted octanol–water partition coefficient (Wildman–Crippen LogP) is 5.84.